The fourth-order valence-electron chi connectivity index (χ4n) is 1.51. The minimum atomic E-state index is 0.0461. The smallest absolute Gasteiger partial charge is 0.323 e. The monoisotopic (exact) mass is 267 g/mol. The molecule has 6 heteroatoms. The third-order valence-electron chi connectivity index (χ3n) is 2.35. The Balaban J connectivity index is 2.68. The molecule has 0 aliphatic heterocycles. The van der Waals surface area contributed by atoms with Crippen LogP contribution >= 0.6 is 0 Å². The van der Waals surface area contributed by atoms with E-state index in [-0.39, 0.29) is 6.10 Å². The summed E-state index contributed by atoms with van der Waals surface area (Å²) in [5.41, 5.74) is 0. The van der Waals surface area contributed by atoms with Crippen LogP contribution in [0.2, 0.25) is 0 Å². The van der Waals surface area contributed by atoms with Crippen molar-refractivity contribution in [2.75, 3.05) is 23.7 Å². The highest BCUT2D eigenvalue weighted by Crippen LogP contribution is 2.12. The quantitative estimate of drug-likeness (QED) is 0.670. The van der Waals surface area contributed by atoms with Crippen molar-refractivity contribution in [3.63, 3.8) is 0 Å². The molecule has 1 aromatic heterocycles. The zero-order valence-corrected chi connectivity index (χ0v) is 12.4. The third kappa shape index (κ3) is 6.22. The number of hydrogen-bond acceptors (Lipinski definition) is 6. The highest BCUT2D eigenvalue weighted by Gasteiger charge is 2.08. The van der Waals surface area contributed by atoms with E-state index in [4.69, 9.17) is 4.74 Å². The van der Waals surface area contributed by atoms with E-state index >= 15 is 0 Å². The van der Waals surface area contributed by atoms with Crippen molar-refractivity contribution in [1.29, 1.82) is 0 Å². The van der Waals surface area contributed by atoms with E-state index in [2.05, 4.69) is 32.5 Å². The predicted molar refractivity (Wildman–Crippen MR) is 77.8 cm³/mol. The standard InChI is InChI=1S/C13H25N5O/c1-5-7-8-9-15-12-16-11(14-6-2)17-13(18-12)19-10(3)4/h10H,5-9H2,1-4H3,(H2,14,15,16,17,18). The van der Waals surface area contributed by atoms with Crippen molar-refractivity contribution in [2.24, 2.45) is 0 Å². The molecule has 108 valence electrons. The van der Waals surface area contributed by atoms with Gasteiger partial charge in [0.1, 0.15) is 0 Å². The summed E-state index contributed by atoms with van der Waals surface area (Å²) in [6.07, 6.45) is 3.56. The van der Waals surface area contributed by atoms with Gasteiger partial charge in [-0.05, 0) is 27.2 Å². The molecule has 0 atom stereocenters. The van der Waals surface area contributed by atoms with Crippen LogP contribution in [0.15, 0.2) is 0 Å². The molecule has 0 unspecified atom stereocenters. The van der Waals surface area contributed by atoms with Crippen molar-refractivity contribution in [3.8, 4) is 6.01 Å². The maximum atomic E-state index is 5.53. The van der Waals surface area contributed by atoms with E-state index in [9.17, 15) is 0 Å². The Morgan fingerprint density at radius 3 is 2.26 bits per heavy atom. The van der Waals surface area contributed by atoms with Crippen LogP contribution in [0.25, 0.3) is 0 Å². The summed E-state index contributed by atoms with van der Waals surface area (Å²) in [6.45, 7) is 9.71. The Kier molecular flexibility index (Phi) is 6.92. The van der Waals surface area contributed by atoms with E-state index in [0.717, 1.165) is 19.5 Å². The lowest BCUT2D eigenvalue weighted by Crippen LogP contribution is -2.14. The van der Waals surface area contributed by atoms with Crippen LogP contribution < -0.4 is 15.4 Å². The molecule has 0 amide bonds. The molecule has 0 aliphatic rings. The Morgan fingerprint density at radius 1 is 1.00 bits per heavy atom. The summed E-state index contributed by atoms with van der Waals surface area (Å²) in [4.78, 5) is 12.8. The van der Waals surface area contributed by atoms with Gasteiger partial charge in [0.2, 0.25) is 11.9 Å². The Labute approximate surface area is 115 Å². The van der Waals surface area contributed by atoms with Gasteiger partial charge in [-0.3, -0.25) is 0 Å². The lowest BCUT2D eigenvalue weighted by Gasteiger charge is -2.11. The molecule has 1 aromatic rings. The second-order valence-corrected chi connectivity index (χ2v) is 4.60. The minimum Gasteiger partial charge on any atom is -0.461 e. The first-order chi connectivity index (χ1) is 9.15. The average Bonchev–Trinajstić information content (AvgIpc) is 2.34. The summed E-state index contributed by atoms with van der Waals surface area (Å²) >= 11 is 0. The van der Waals surface area contributed by atoms with Gasteiger partial charge in [-0.2, -0.15) is 15.0 Å². The lowest BCUT2D eigenvalue weighted by atomic mass is 10.2. The second kappa shape index (κ2) is 8.50. The predicted octanol–water partition coefficient (Wildman–Crippen LogP) is 2.69. The van der Waals surface area contributed by atoms with Crippen LogP contribution in [-0.2, 0) is 0 Å². The summed E-state index contributed by atoms with van der Waals surface area (Å²) in [6, 6.07) is 0.360. The van der Waals surface area contributed by atoms with Gasteiger partial charge in [-0.15, -0.1) is 0 Å². The van der Waals surface area contributed by atoms with Crippen LogP contribution in [0.5, 0.6) is 6.01 Å². The molecule has 0 saturated heterocycles. The van der Waals surface area contributed by atoms with Gasteiger partial charge in [0.25, 0.3) is 0 Å². The molecular formula is C13H25N5O. The Bertz CT molecular complexity index is 370. The zero-order chi connectivity index (χ0) is 14.1. The van der Waals surface area contributed by atoms with Gasteiger partial charge in [0.15, 0.2) is 0 Å². The normalized spacial score (nSPS) is 10.6. The first-order valence-electron chi connectivity index (χ1n) is 7.06. The molecule has 0 spiro atoms. The van der Waals surface area contributed by atoms with Gasteiger partial charge in [-0.25, -0.2) is 0 Å². The van der Waals surface area contributed by atoms with Crippen molar-refractivity contribution in [2.45, 2.75) is 53.1 Å². The molecule has 1 rings (SSSR count). The summed E-state index contributed by atoms with van der Waals surface area (Å²) in [7, 11) is 0. The van der Waals surface area contributed by atoms with Gasteiger partial charge >= 0.3 is 6.01 Å². The summed E-state index contributed by atoms with van der Waals surface area (Å²) in [5.74, 6) is 1.11. The summed E-state index contributed by atoms with van der Waals surface area (Å²) < 4.78 is 5.53. The number of ether oxygens (including phenoxy) is 1. The van der Waals surface area contributed by atoms with Crippen LogP contribution in [0.4, 0.5) is 11.9 Å². The molecule has 0 aliphatic carbocycles. The fraction of sp³-hybridized carbons (Fsp3) is 0.769. The van der Waals surface area contributed by atoms with Crippen molar-refractivity contribution in [1.82, 2.24) is 15.0 Å². The first kappa shape index (κ1) is 15.5. The highest BCUT2D eigenvalue weighted by molar-refractivity contribution is 5.35. The number of nitrogens with zero attached hydrogens (tertiary/aromatic N) is 3. The van der Waals surface area contributed by atoms with Gasteiger partial charge in [-0.1, -0.05) is 19.8 Å². The minimum absolute atomic E-state index is 0.0461. The molecule has 2 N–H and O–H groups in total. The molecule has 0 fully saturated rings. The SMILES string of the molecule is CCCCCNc1nc(NCC)nc(OC(C)C)n1. The number of aromatic nitrogens is 3. The topological polar surface area (TPSA) is 72.0 Å². The van der Waals surface area contributed by atoms with Crippen LogP contribution in [-0.4, -0.2) is 34.1 Å². The lowest BCUT2D eigenvalue weighted by molar-refractivity contribution is 0.222. The third-order valence-corrected chi connectivity index (χ3v) is 2.35. The molecule has 0 saturated carbocycles. The van der Waals surface area contributed by atoms with Crippen LogP contribution in [0.1, 0.15) is 47.0 Å². The molecule has 0 bridgehead atoms. The second-order valence-electron chi connectivity index (χ2n) is 4.60. The molecule has 19 heavy (non-hydrogen) atoms. The van der Waals surface area contributed by atoms with Crippen molar-refractivity contribution in [3.05, 3.63) is 0 Å². The zero-order valence-electron chi connectivity index (χ0n) is 12.4. The number of hydrogen-bond donors (Lipinski definition) is 2. The average molecular weight is 267 g/mol. The van der Waals surface area contributed by atoms with E-state index < -0.39 is 0 Å². The molecule has 1 heterocycles. The van der Waals surface area contributed by atoms with Gasteiger partial charge in [0.05, 0.1) is 6.10 Å². The number of rotatable bonds is 9. The fourth-order valence-corrected chi connectivity index (χ4v) is 1.51. The van der Waals surface area contributed by atoms with Gasteiger partial charge in [0, 0.05) is 13.1 Å². The van der Waals surface area contributed by atoms with Crippen LogP contribution in [0, 0.1) is 0 Å². The van der Waals surface area contributed by atoms with E-state index in [1.54, 1.807) is 0 Å². The summed E-state index contributed by atoms with van der Waals surface area (Å²) in [5, 5.41) is 6.29. The maximum Gasteiger partial charge on any atom is 0.323 e. The number of anilines is 2. The Hall–Kier alpha value is -1.59. The number of nitrogens with one attached hydrogen (secondary N) is 2. The van der Waals surface area contributed by atoms with Crippen molar-refractivity contribution < 1.29 is 4.74 Å². The molecular weight excluding hydrogens is 242 g/mol. The van der Waals surface area contributed by atoms with Crippen LogP contribution in [0.3, 0.4) is 0 Å². The molecule has 6 nitrogen and oxygen atoms in total. The maximum absolute atomic E-state index is 5.53. The largest absolute Gasteiger partial charge is 0.461 e. The van der Waals surface area contributed by atoms with Gasteiger partial charge < -0.3 is 15.4 Å². The van der Waals surface area contributed by atoms with E-state index in [1.165, 1.54) is 12.8 Å². The van der Waals surface area contributed by atoms with Crippen molar-refractivity contribution >= 4 is 11.9 Å². The number of unbranched alkanes of at least 4 members (excludes halogenated alkanes) is 2. The first-order valence-corrected chi connectivity index (χ1v) is 7.06. The van der Waals surface area contributed by atoms with E-state index in [1.807, 2.05) is 20.8 Å². The highest BCUT2D eigenvalue weighted by atomic mass is 16.5. The molecule has 0 radical (unpaired) electrons. The Morgan fingerprint density at radius 2 is 1.68 bits per heavy atom. The molecule has 0 aromatic carbocycles. The van der Waals surface area contributed by atoms with E-state index in [0.29, 0.717) is 17.9 Å².